The Labute approximate surface area is 123 Å². The summed E-state index contributed by atoms with van der Waals surface area (Å²) in [5, 5.41) is 2.81. The SMILES string of the molecule is COC(=O)OC1(NC(=O)c2ccc(Br)s2)CCCC1. The summed E-state index contributed by atoms with van der Waals surface area (Å²) in [6.07, 6.45) is 2.27. The van der Waals surface area contributed by atoms with Crippen LogP contribution in [0.2, 0.25) is 0 Å². The first-order valence-electron chi connectivity index (χ1n) is 5.89. The highest BCUT2D eigenvalue weighted by molar-refractivity contribution is 9.11. The molecule has 1 aromatic heterocycles. The molecule has 0 spiro atoms. The van der Waals surface area contributed by atoms with E-state index in [1.807, 2.05) is 6.07 Å². The Bertz CT molecular complexity index is 482. The van der Waals surface area contributed by atoms with E-state index in [2.05, 4.69) is 26.0 Å². The predicted molar refractivity (Wildman–Crippen MR) is 74.2 cm³/mol. The Kier molecular flexibility index (Phi) is 4.46. The van der Waals surface area contributed by atoms with E-state index in [0.29, 0.717) is 17.7 Å². The van der Waals surface area contributed by atoms with Gasteiger partial charge in [0.25, 0.3) is 5.91 Å². The molecule has 0 bridgehead atoms. The monoisotopic (exact) mass is 347 g/mol. The number of nitrogens with one attached hydrogen (secondary N) is 1. The molecule has 104 valence electrons. The van der Waals surface area contributed by atoms with Gasteiger partial charge in [-0.15, -0.1) is 11.3 Å². The summed E-state index contributed by atoms with van der Waals surface area (Å²) in [7, 11) is 1.25. The van der Waals surface area contributed by atoms with Gasteiger partial charge in [0.05, 0.1) is 15.8 Å². The average Bonchev–Trinajstić information content (AvgIpc) is 2.99. The highest BCUT2D eigenvalue weighted by atomic mass is 79.9. The summed E-state index contributed by atoms with van der Waals surface area (Å²) in [4.78, 5) is 24.0. The maximum atomic E-state index is 12.1. The van der Waals surface area contributed by atoms with Gasteiger partial charge in [-0.25, -0.2) is 4.79 Å². The molecule has 2 rings (SSSR count). The summed E-state index contributed by atoms with van der Waals surface area (Å²) in [5.74, 6) is -0.235. The normalized spacial score (nSPS) is 16.9. The van der Waals surface area contributed by atoms with Crippen molar-refractivity contribution in [3.63, 3.8) is 0 Å². The first-order chi connectivity index (χ1) is 9.04. The third kappa shape index (κ3) is 3.48. The van der Waals surface area contributed by atoms with Crippen molar-refractivity contribution >= 4 is 39.3 Å². The van der Waals surface area contributed by atoms with E-state index in [4.69, 9.17) is 4.74 Å². The Morgan fingerprint density at radius 2 is 2.05 bits per heavy atom. The van der Waals surface area contributed by atoms with Gasteiger partial charge in [-0.2, -0.15) is 0 Å². The van der Waals surface area contributed by atoms with Crippen molar-refractivity contribution in [2.24, 2.45) is 0 Å². The zero-order chi connectivity index (χ0) is 13.9. The minimum absolute atomic E-state index is 0.235. The van der Waals surface area contributed by atoms with Crippen LogP contribution >= 0.6 is 27.3 Å². The fourth-order valence-corrected chi connectivity index (χ4v) is 3.39. The fourth-order valence-electron chi connectivity index (χ4n) is 2.10. The Hall–Kier alpha value is -1.08. The zero-order valence-corrected chi connectivity index (χ0v) is 12.8. The summed E-state index contributed by atoms with van der Waals surface area (Å²) in [6, 6.07) is 3.53. The van der Waals surface area contributed by atoms with E-state index in [-0.39, 0.29) is 5.91 Å². The summed E-state index contributed by atoms with van der Waals surface area (Å²) >= 11 is 4.65. The van der Waals surface area contributed by atoms with Crippen LogP contribution in [0, 0.1) is 0 Å². The van der Waals surface area contributed by atoms with Crippen molar-refractivity contribution in [2.45, 2.75) is 31.4 Å². The molecule has 0 radical (unpaired) electrons. The smallest absolute Gasteiger partial charge is 0.438 e. The van der Waals surface area contributed by atoms with E-state index in [1.54, 1.807) is 6.07 Å². The standard InChI is InChI=1S/C12H14BrNO4S/c1-17-11(16)18-12(6-2-3-7-12)14-10(15)8-4-5-9(13)19-8/h4-5H,2-3,6-7H2,1H3,(H,14,15). The lowest BCUT2D eigenvalue weighted by Gasteiger charge is -2.28. The topological polar surface area (TPSA) is 64.6 Å². The largest absolute Gasteiger partial charge is 0.510 e. The van der Waals surface area contributed by atoms with Gasteiger partial charge in [0.15, 0.2) is 5.72 Å². The molecule has 1 heterocycles. The van der Waals surface area contributed by atoms with Crippen molar-refractivity contribution in [3.05, 3.63) is 20.8 Å². The number of halogens is 1. The predicted octanol–water partition coefficient (Wildman–Crippen LogP) is 3.29. The Morgan fingerprint density at radius 1 is 1.37 bits per heavy atom. The Balaban J connectivity index is 2.08. The molecule has 19 heavy (non-hydrogen) atoms. The van der Waals surface area contributed by atoms with Crippen LogP contribution in [0.3, 0.4) is 0 Å². The maximum Gasteiger partial charge on any atom is 0.510 e. The molecule has 0 atom stereocenters. The van der Waals surface area contributed by atoms with Crippen molar-refractivity contribution in [2.75, 3.05) is 7.11 Å². The van der Waals surface area contributed by atoms with Crippen molar-refractivity contribution < 1.29 is 19.1 Å². The minimum atomic E-state index is -0.930. The van der Waals surface area contributed by atoms with Crippen LogP contribution in [0.15, 0.2) is 15.9 Å². The first kappa shape index (κ1) is 14.3. The molecule has 1 N–H and O–H groups in total. The highest BCUT2D eigenvalue weighted by Gasteiger charge is 2.40. The third-order valence-corrected chi connectivity index (χ3v) is 4.62. The van der Waals surface area contributed by atoms with E-state index in [9.17, 15) is 9.59 Å². The van der Waals surface area contributed by atoms with Gasteiger partial charge in [-0.1, -0.05) is 0 Å². The summed E-state index contributed by atoms with van der Waals surface area (Å²) < 4.78 is 10.6. The van der Waals surface area contributed by atoms with Crippen molar-refractivity contribution in [3.8, 4) is 0 Å². The van der Waals surface area contributed by atoms with Crippen LogP contribution in [-0.2, 0) is 9.47 Å². The molecule has 0 unspecified atom stereocenters. The van der Waals surface area contributed by atoms with Crippen LogP contribution in [0.5, 0.6) is 0 Å². The van der Waals surface area contributed by atoms with E-state index in [0.717, 1.165) is 16.6 Å². The van der Waals surface area contributed by atoms with Crippen LogP contribution in [-0.4, -0.2) is 24.9 Å². The zero-order valence-electron chi connectivity index (χ0n) is 10.4. The number of ether oxygens (including phenoxy) is 2. The number of carbonyl (C=O) groups excluding carboxylic acids is 2. The number of amides is 1. The molecule has 1 amide bonds. The molecular formula is C12H14BrNO4S. The van der Waals surface area contributed by atoms with Gasteiger partial charge >= 0.3 is 6.16 Å². The third-order valence-electron chi connectivity index (χ3n) is 2.99. The van der Waals surface area contributed by atoms with E-state index >= 15 is 0 Å². The minimum Gasteiger partial charge on any atom is -0.438 e. The quantitative estimate of drug-likeness (QED) is 0.673. The molecule has 1 aliphatic carbocycles. The lowest BCUT2D eigenvalue weighted by molar-refractivity contribution is -0.0395. The van der Waals surface area contributed by atoms with Gasteiger partial charge in [-0.05, 0) is 40.9 Å². The highest BCUT2D eigenvalue weighted by Crippen LogP contribution is 2.32. The number of methoxy groups -OCH3 is 1. The average molecular weight is 348 g/mol. The molecular weight excluding hydrogens is 334 g/mol. The second-order valence-electron chi connectivity index (χ2n) is 4.32. The lowest BCUT2D eigenvalue weighted by Crippen LogP contribution is -2.49. The van der Waals surface area contributed by atoms with Gasteiger partial charge in [-0.3, -0.25) is 4.79 Å². The van der Waals surface area contributed by atoms with Gasteiger partial charge in [0.1, 0.15) is 0 Å². The van der Waals surface area contributed by atoms with Crippen LogP contribution in [0.25, 0.3) is 0 Å². The van der Waals surface area contributed by atoms with Gasteiger partial charge < -0.3 is 14.8 Å². The van der Waals surface area contributed by atoms with Gasteiger partial charge in [0, 0.05) is 12.8 Å². The summed E-state index contributed by atoms with van der Waals surface area (Å²) in [6.45, 7) is 0. The molecule has 1 aromatic rings. The molecule has 0 aliphatic heterocycles. The first-order valence-corrected chi connectivity index (χ1v) is 7.50. The lowest BCUT2D eigenvalue weighted by atomic mass is 10.2. The second kappa shape index (κ2) is 5.92. The van der Waals surface area contributed by atoms with Crippen LogP contribution in [0.1, 0.15) is 35.4 Å². The van der Waals surface area contributed by atoms with E-state index in [1.165, 1.54) is 18.4 Å². The van der Waals surface area contributed by atoms with Gasteiger partial charge in [0.2, 0.25) is 0 Å². The fraction of sp³-hybridized carbons (Fsp3) is 0.500. The number of hydrogen-bond acceptors (Lipinski definition) is 5. The van der Waals surface area contributed by atoms with Crippen molar-refractivity contribution in [1.29, 1.82) is 0 Å². The maximum absolute atomic E-state index is 12.1. The second-order valence-corrected chi connectivity index (χ2v) is 6.78. The molecule has 7 heteroatoms. The van der Waals surface area contributed by atoms with E-state index < -0.39 is 11.9 Å². The van der Waals surface area contributed by atoms with Crippen LogP contribution < -0.4 is 5.32 Å². The molecule has 1 saturated carbocycles. The molecule has 5 nitrogen and oxygen atoms in total. The molecule has 0 aromatic carbocycles. The number of thiophene rings is 1. The summed E-state index contributed by atoms with van der Waals surface area (Å²) in [5.41, 5.74) is -0.930. The molecule has 0 saturated heterocycles. The van der Waals surface area contributed by atoms with Crippen molar-refractivity contribution in [1.82, 2.24) is 5.32 Å². The number of rotatable bonds is 3. The Morgan fingerprint density at radius 3 is 2.58 bits per heavy atom. The van der Waals surface area contributed by atoms with Crippen LogP contribution in [0.4, 0.5) is 4.79 Å². The number of hydrogen-bond donors (Lipinski definition) is 1. The molecule has 1 fully saturated rings. The number of carbonyl (C=O) groups is 2. The molecule has 1 aliphatic rings.